The summed E-state index contributed by atoms with van der Waals surface area (Å²) in [6.45, 7) is 28.4. The molecular weight excluding hydrogens is 1060 g/mol. The molecule has 0 saturated carbocycles. The minimum Gasteiger partial charge on any atom is -0.285 e. The largest absolute Gasteiger partial charge is 0.285 e. The Hall–Kier alpha value is -9.06. The fourth-order valence-corrected chi connectivity index (χ4v) is 9.60. The number of benzene rings is 6. The third kappa shape index (κ3) is 17.5. The zero-order valence-corrected chi connectivity index (χ0v) is 50.7. The van der Waals surface area contributed by atoms with Gasteiger partial charge in [0.2, 0.25) is 35.4 Å². The molecule has 6 N–H and O–H groups in total. The Kier molecular flexibility index (Phi) is 21.4. The summed E-state index contributed by atoms with van der Waals surface area (Å²) >= 11 is 0. The van der Waals surface area contributed by atoms with Crippen molar-refractivity contribution in [3.8, 4) is 0 Å². The van der Waals surface area contributed by atoms with E-state index in [4.69, 9.17) is 0 Å². The van der Waals surface area contributed by atoms with Crippen LogP contribution in [0.1, 0.15) is 74.9 Å². The number of carbonyl (C=O) groups is 6. The summed E-state index contributed by atoms with van der Waals surface area (Å²) in [5, 5.41) is 11.4. The number of hydrogen-bond acceptors (Lipinski definition) is 12. The number of nitrogens with one attached hydrogen (secondary N) is 6. The highest BCUT2D eigenvalue weighted by Crippen LogP contribution is 2.24. The van der Waals surface area contributed by atoms with E-state index in [9.17, 15) is 28.8 Å². The van der Waals surface area contributed by atoms with Gasteiger partial charge in [-0.05, 0) is 142 Å². The predicted octanol–water partition coefficient (Wildman–Crippen LogP) is 8.89. The van der Waals surface area contributed by atoms with Gasteiger partial charge in [0.15, 0.2) is 0 Å². The number of amides is 6. The lowest BCUT2D eigenvalue weighted by Gasteiger charge is -2.17. The fraction of sp³-hybridized carbons (Fsp3) is 0.364. The summed E-state index contributed by atoms with van der Waals surface area (Å²) in [7, 11) is 0. The highest BCUT2D eigenvalue weighted by atomic mass is 16.2. The smallest absolute Gasteiger partial charge is 0.243 e. The van der Waals surface area contributed by atoms with Crippen LogP contribution in [-0.2, 0) is 28.8 Å². The summed E-state index contributed by atoms with van der Waals surface area (Å²) in [6, 6.07) is 48.7. The molecule has 18 nitrogen and oxygen atoms in total. The SMILES string of the molecule is Cc1ccc(N2CC(C)C(=O)N2)cc1.Cc1cccc(N2CC(C)C(=O)N2)c1.Cc1cccc(N2CC(C)C(=O)N2)c1.Cc1cccc(N2CC(C)C(=O)N2)c1.Cc1cccc(N2CC(C)C(=O)N2)c1.Cc1cccc(N2CC(C)C(=O)N2)c1. The molecule has 84 heavy (non-hydrogen) atoms. The zero-order valence-electron chi connectivity index (χ0n) is 50.7. The Balaban J connectivity index is 0.000000145. The van der Waals surface area contributed by atoms with E-state index < -0.39 is 0 Å². The normalized spacial score (nSPS) is 21.1. The Labute approximate surface area is 495 Å². The molecule has 6 heterocycles. The van der Waals surface area contributed by atoms with Crippen LogP contribution in [0, 0.1) is 77.0 Å². The van der Waals surface area contributed by atoms with Crippen LogP contribution in [0.3, 0.4) is 0 Å². The zero-order chi connectivity index (χ0) is 60.8. The lowest BCUT2D eigenvalue weighted by molar-refractivity contribution is -0.122. The first-order chi connectivity index (χ1) is 40.0. The minimum atomic E-state index is 0.0792. The Morgan fingerprint density at radius 3 is 0.583 bits per heavy atom. The van der Waals surface area contributed by atoms with Gasteiger partial charge >= 0.3 is 0 Å². The third-order valence-corrected chi connectivity index (χ3v) is 14.8. The molecule has 6 aliphatic rings. The molecule has 0 bridgehead atoms. The van der Waals surface area contributed by atoms with Gasteiger partial charge in [0.25, 0.3) is 0 Å². The summed E-state index contributed by atoms with van der Waals surface area (Å²) in [6.07, 6.45) is 0. The van der Waals surface area contributed by atoms with Gasteiger partial charge in [-0.1, -0.05) is 120 Å². The van der Waals surface area contributed by atoms with Crippen molar-refractivity contribution < 1.29 is 28.8 Å². The van der Waals surface area contributed by atoms with Crippen molar-refractivity contribution in [2.75, 3.05) is 69.3 Å². The Morgan fingerprint density at radius 1 is 0.250 bits per heavy atom. The maximum absolute atomic E-state index is 11.3. The number of aryl methyl sites for hydroxylation is 6. The molecule has 0 aromatic heterocycles. The van der Waals surface area contributed by atoms with Gasteiger partial charge in [0.05, 0.1) is 109 Å². The second-order valence-corrected chi connectivity index (χ2v) is 23.0. The third-order valence-electron chi connectivity index (χ3n) is 14.8. The molecule has 6 atom stereocenters. The van der Waals surface area contributed by atoms with Gasteiger partial charge in [0, 0.05) is 0 Å². The van der Waals surface area contributed by atoms with Gasteiger partial charge in [-0.2, -0.15) is 0 Å². The standard InChI is InChI=1S/6C11H14N2O/c1-8-3-5-10(6-4-8)13-7-9(2)11(14)12-13;5*1-8-4-3-5-10(6-8)13-7-9(2)11(14)12-13/h6*3-6,9H,7H2,1-2H3,(H,12,14). The van der Waals surface area contributed by atoms with Crippen LogP contribution < -0.4 is 62.6 Å². The van der Waals surface area contributed by atoms with Crippen LogP contribution in [0.5, 0.6) is 0 Å². The molecule has 6 unspecified atom stereocenters. The molecular formula is C66H84N12O6. The monoisotopic (exact) mass is 1140 g/mol. The second kappa shape index (κ2) is 28.8. The maximum Gasteiger partial charge on any atom is 0.243 e. The number of rotatable bonds is 6. The van der Waals surface area contributed by atoms with Crippen LogP contribution >= 0.6 is 0 Å². The quantitative estimate of drug-likeness (QED) is 0.0929. The predicted molar refractivity (Wildman–Crippen MR) is 335 cm³/mol. The van der Waals surface area contributed by atoms with Crippen LogP contribution in [0.25, 0.3) is 0 Å². The summed E-state index contributed by atoms with van der Waals surface area (Å²) in [5.41, 5.74) is 30.6. The Bertz CT molecular complexity index is 2850. The summed E-state index contributed by atoms with van der Waals surface area (Å²) in [5.74, 6) is 1.09. The van der Waals surface area contributed by atoms with Crippen LogP contribution in [0.2, 0.25) is 0 Å². The van der Waals surface area contributed by atoms with Gasteiger partial charge in [-0.25, -0.2) is 0 Å². The number of nitrogens with zero attached hydrogens (tertiary/aromatic N) is 6. The number of hydrazine groups is 6. The molecule has 6 aromatic carbocycles. The first-order valence-electron chi connectivity index (χ1n) is 28.9. The van der Waals surface area contributed by atoms with Crippen molar-refractivity contribution in [1.82, 2.24) is 32.6 Å². The van der Waals surface area contributed by atoms with Crippen molar-refractivity contribution in [2.24, 2.45) is 35.5 Å². The van der Waals surface area contributed by atoms with E-state index in [0.717, 1.165) is 73.4 Å². The maximum atomic E-state index is 11.3. The molecule has 0 spiro atoms. The van der Waals surface area contributed by atoms with Crippen molar-refractivity contribution >= 4 is 69.6 Å². The first kappa shape index (κ1) is 62.5. The van der Waals surface area contributed by atoms with E-state index in [-0.39, 0.29) is 71.0 Å². The average molecular weight is 1140 g/mol. The van der Waals surface area contributed by atoms with Crippen LogP contribution in [0.4, 0.5) is 34.1 Å². The minimum absolute atomic E-state index is 0.0792. The van der Waals surface area contributed by atoms with Crippen molar-refractivity contribution in [3.63, 3.8) is 0 Å². The van der Waals surface area contributed by atoms with E-state index in [1.165, 1.54) is 33.4 Å². The van der Waals surface area contributed by atoms with Gasteiger partial charge in [-0.3, -0.25) is 91.4 Å². The summed E-state index contributed by atoms with van der Waals surface area (Å²) < 4.78 is 0. The van der Waals surface area contributed by atoms with Crippen molar-refractivity contribution in [2.45, 2.75) is 83.1 Å². The molecule has 6 aliphatic heterocycles. The molecule has 18 heteroatoms. The lowest BCUT2D eigenvalue weighted by atomic mass is 10.2. The second-order valence-electron chi connectivity index (χ2n) is 23.0. The molecule has 444 valence electrons. The Morgan fingerprint density at radius 2 is 0.429 bits per heavy atom. The lowest BCUT2D eigenvalue weighted by Crippen LogP contribution is -2.32. The number of hydrogen-bond donors (Lipinski definition) is 6. The first-order valence-corrected chi connectivity index (χ1v) is 28.9. The van der Waals surface area contributed by atoms with Crippen LogP contribution in [-0.4, -0.2) is 74.7 Å². The highest BCUT2D eigenvalue weighted by molar-refractivity contribution is 5.87. The molecule has 0 aliphatic carbocycles. The molecule has 6 fully saturated rings. The fourth-order valence-electron chi connectivity index (χ4n) is 9.60. The average Bonchev–Trinajstić information content (AvgIpc) is 4.54. The topological polar surface area (TPSA) is 194 Å². The van der Waals surface area contributed by atoms with Gasteiger partial charge in [0.1, 0.15) is 0 Å². The van der Waals surface area contributed by atoms with Gasteiger partial charge in [-0.15, -0.1) is 0 Å². The van der Waals surface area contributed by atoms with Crippen LogP contribution in [0.15, 0.2) is 146 Å². The van der Waals surface area contributed by atoms with E-state index >= 15 is 0 Å². The number of anilines is 6. The molecule has 0 radical (unpaired) electrons. The molecule has 6 amide bonds. The van der Waals surface area contributed by atoms with E-state index in [2.05, 4.69) is 69.8 Å². The van der Waals surface area contributed by atoms with E-state index in [0.29, 0.717) is 0 Å². The highest BCUT2D eigenvalue weighted by Gasteiger charge is 2.31. The number of carbonyl (C=O) groups excluding carboxylic acids is 6. The van der Waals surface area contributed by atoms with Crippen molar-refractivity contribution in [3.05, 3.63) is 179 Å². The molecule has 12 rings (SSSR count). The van der Waals surface area contributed by atoms with E-state index in [1.807, 2.05) is 221 Å². The van der Waals surface area contributed by atoms with E-state index in [1.54, 1.807) is 0 Å². The van der Waals surface area contributed by atoms with Gasteiger partial charge < -0.3 is 0 Å². The summed E-state index contributed by atoms with van der Waals surface area (Å²) in [4.78, 5) is 67.7. The molecule has 6 aromatic rings. The van der Waals surface area contributed by atoms with Crippen molar-refractivity contribution in [1.29, 1.82) is 0 Å². The molecule has 6 saturated heterocycles.